The van der Waals surface area contributed by atoms with Crippen molar-refractivity contribution in [3.63, 3.8) is 0 Å². The van der Waals surface area contributed by atoms with Gasteiger partial charge < -0.3 is 10.2 Å². The zero-order chi connectivity index (χ0) is 13.8. The highest BCUT2D eigenvalue weighted by atomic mass is 35.5. The number of nitrogens with one attached hydrogen (secondary N) is 1. The summed E-state index contributed by atoms with van der Waals surface area (Å²) < 4.78 is 0. The Morgan fingerprint density at radius 2 is 2.16 bits per heavy atom. The topological polar surface area (TPSA) is 41.1 Å². The molecule has 2 rings (SSSR count). The van der Waals surface area contributed by atoms with Crippen molar-refractivity contribution in [2.45, 2.75) is 33.1 Å². The second-order valence-corrected chi connectivity index (χ2v) is 5.94. The lowest BCUT2D eigenvalue weighted by Gasteiger charge is -2.23. The highest BCUT2D eigenvalue weighted by Gasteiger charge is 2.21. The summed E-state index contributed by atoms with van der Waals surface area (Å²) in [7, 11) is 1.82. The minimum absolute atomic E-state index is 0.629. The summed E-state index contributed by atoms with van der Waals surface area (Å²) in [5.41, 5.74) is 0. The van der Waals surface area contributed by atoms with Gasteiger partial charge in [0.25, 0.3) is 0 Å². The summed E-state index contributed by atoms with van der Waals surface area (Å²) in [6.45, 7) is 6.69. The Labute approximate surface area is 120 Å². The third-order valence-corrected chi connectivity index (χ3v) is 4.23. The molecule has 0 aliphatic carbocycles. The Balaban J connectivity index is 2.13. The maximum absolute atomic E-state index is 6.24. The summed E-state index contributed by atoms with van der Waals surface area (Å²) >= 11 is 6.24. The van der Waals surface area contributed by atoms with Crippen LogP contribution < -0.4 is 10.2 Å². The zero-order valence-corrected chi connectivity index (χ0v) is 12.7. The standard InChI is InChI=1S/C14H23ClN4/c1-10(2)11-5-4-7-19(8-6-11)13-12(15)9-17-14(16-3)18-13/h9-11H,4-8H2,1-3H3,(H,16,17,18). The highest BCUT2D eigenvalue weighted by molar-refractivity contribution is 6.32. The molecule has 4 nitrogen and oxygen atoms in total. The fourth-order valence-corrected chi connectivity index (χ4v) is 2.91. The highest BCUT2D eigenvalue weighted by Crippen LogP contribution is 2.30. The Bertz CT molecular complexity index is 422. The third kappa shape index (κ3) is 3.50. The van der Waals surface area contributed by atoms with Crippen molar-refractivity contribution >= 4 is 23.4 Å². The summed E-state index contributed by atoms with van der Waals surface area (Å²) in [6.07, 6.45) is 5.40. The van der Waals surface area contributed by atoms with Crippen molar-refractivity contribution < 1.29 is 0 Å². The largest absolute Gasteiger partial charge is 0.357 e. The van der Waals surface area contributed by atoms with Crippen LogP contribution in [0.15, 0.2) is 6.20 Å². The molecule has 0 amide bonds. The van der Waals surface area contributed by atoms with Crippen molar-refractivity contribution in [3.05, 3.63) is 11.2 Å². The van der Waals surface area contributed by atoms with E-state index in [2.05, 4.69) is 34.0 Å². The van der Waals surface area contributed by atoms with E-state index in [0.29, 0.717) is 11.0 Å². The second-order valence-electron chi connectivity index (χ2n) is 5.54. The summed E-state index contributed by atoms with van der Waals surface area (Å²) in [5.74, 6) is 3.07. The van der Waals surface area contributed by atoms with Crippen LogP contribution in [-0.2, 0) is 0 Å². The molecule has 106 valence electrons. The predicted octanol–water partition coefficient (Wildman–Crippen LogP) is 3.43. The van der Waals surface area contributed by atoms with Gasteiger partial charge in [-0.05, 0) is 31.1 Å². The van der Waals surface area contributed by atoms with Crippen molar-refractivity contribution in [1.82, 2.24) is 9.97 Å². The molecule has 0 bridgehead atoms. The van der Waals surface area contributed by atoms with Gasteiger partial charge in [-0.1, -0.05) is 25.4 Å². The van der Waals surface area contributed by atoms with E-state index >= 15 is 0 Å². The first kappa shape index (κ1) is 14.4. The summed E-state index contributed by atoms with van der Waals surface area (Å²) in [4.78, 5) is 10.9. The number of rotatable bonds is 3. The van der Waals surface area contributed by atoms with Crippen LogP contribution in [0.3, 0.4) is 0 Å². The molecule has 1 unspecified atom stereocenters. The first-order valence-electron chi connectivity index (χ1n) is 7.07. The molecule has 1 fully saturated rings. The molecule has 1 N–H and O–H groups in total. The van der Waals surface area contributed by atoms with Gasteiger partial charge in [-0.25, -0.2) is 4.98 Å². The van der Waals surface area contributed by atoms with Crippen LogP contribution in [0.4, 0.5) is 11.8 Å². The summed E-state index contributed by atoms with van der Waals surface area (Å²) in [5, 5.41) is 3.61. The van der Waals surface area contributed by atoms with Gasteiger partial charge in [0.05, 0.1) is 6.20 Å². The SMILES string of the molecule is CNc1ncc(Cl)c(N2CCCC(C(C)C)CC2)n1. The number of nitrogens with zero attached hydrogens (tertiary/aromatic N) is 3. The van der Waals surface area contributed by atoms with Gasteiger partial charge in [0.2, 0.25) is 5.95 Å². The first-order chi connectivity index (χ1) is 9.11. The Kier molecular flexibility index (Phi) is 4.86. The first-order valence-corrected chi connectivity index (χ1v) is 7.45. The molecule has 1 atom stereocenters. The Morgan fingerprint density at radius 1 is 1.37 bits per heavy atom. The van der Waals surface area contributed by atoms with Crippen LogP contribution in [-0.4, -0.2) is 30.1 Å². The Morgan fingerprint density at radius 3 is 2.84 bits per heavy atom. The lowest BCUT2D eigenvalue weighted by Crippen LogP contribution is -2.26. The molecule has 1 aliphatic rings. The van der Waals surface area contributed by atoms with Crippen LogP contribution in [0.2, 0.25) is 5.02 Å². The van der Waals surface area contributed by atoms with Gasteiger partial charge in [0.1, 0.15) is 5.02 Å². The minimum atomic E-state index is 0.629. The van der Waals surface area contributed by atoms with Gasteiger partial charge in [0.15, 0.2) is 5.82 Å². The van der Waals surface area contributed by atoms with Crippen molar-refractivity contribution in [2.24, 2.45) is 11.8 Å². The van der Waals surface area contributed by atoms with Crippen LogP contribution in [0, 0.1) is 11.8 Å². The molecular weight excluding hydrogens is 260 g/mol. The van der Waals surface area contributed by atoms with E-state index in [4.69, 9.17) is 11.6 Å². The fraction of sp³-hybridized carbons (Fsp3) is 0.714. The van der Waals surface area contributed by atoms with E-state index in [0.717, 1.165) is 30.7 Å². The second kappa shape index (κ2) is 6.42. The number of aromatic nitrogens is 2. The zero-order valence-electron chi connectivity index (χ0n) is 12.0. The molecule has 1 saturated heterocycles. The van der Waals surface area contributed by atoms with E-state index in [9.17, 15) is 0 Å². The van der Waals surface area contributed by atoms with Crippen molar-refractivity contribution in [1.29, 1.82) is 0 Å². The minimum Gasteiger partial charge on any atom is -0.357 e. The molecule has 0 aromatic carbocycles. The fourth-order valence-electron chi connectivity index (χ4n) is 2.70. The normalized spacial score (nSPS) is 20.5. The smallest absolute Gasteiger partial charge is 0.224 e. The lowest BCUT2D eigenvalue weighted by molar-refractivity contribution is 0.351. The molecule has 1 aliphatic heterocycles. The Hall–Kier alpha value is -1.03. The van der Waals surface area contributed by atoms with E-state index < -0.39 is 0 Å². The summed E-state index contributed by atoms with van der Waals surface area (Å²) in [6, 6.07) is 0. The maximum atomic E-state index is 6.24. The molecule has 19 heavy (non-hydrogen) atoms. The van der Waals surface area contributed by atoms with E-state index in [1.54, 1.807) is 6.20 Å². The van der Waals surface area contributed by atoms with Gasteiger partial charge in [-0.3, -0.25) is 0 Å². The molecule has 0 spiro atoms. The third-order valence-electron chi connectivity index (χ3n) is 3.96. The number of anilines is 2. The molecule has 5 heteroatoms. The van der Waals surface area contributed by atoms with Crippen LogP contribution >= 0.6 is 11.6 Å². The molecular formula is C14H23ClN4. The molecule has 0 saturated carbocycles. The van der Waals surface area contributed by atoms with Gasteiger partial charge in [0, 0.05) is 20.1 Å². The predicted molar refractivity (Wildman–Crippen MR) is 81.0 cm³/mol. The van der Waals surface area contributed by atoms with Crippen molar-refractivity contribution in [2.75, 3.05) is 30.4 Å². The molecule has 1 aromatic heterocycles. The maximum Gasteiger partial charge on any atom is 0.224 e. The monoisotopic (exact) mass is 282 g/mol. The molecule has 0 radical (unpaired) electrons. The quantitative estimate of drug-likeness (QED) is 0.922. The van der Waals surface area contributed by atoms with Gasteiger partial charge >= 0.3 is 0 Å². The van der Waals surface area contributed by atoms with E-state index in [1.165, 1.54) is 19.3 Å². The number of hydrogen-bond donors (Lipinski definition) is 1. The van der Waals surface area contributed by atoms with Crippen LogP contribution in [0.1, 0.15) is 33.1 Å². The van der Waals surface area contributed by atoms with Crippen LogP contribution in [0.25, 0.3) is 0 Å². The number of halogens is 1. The molecule has 1 aromatic rings. The van der Waals surface area contributed by atoms with Gasteiger partial charge in [-0.15, -0.1) is 0 Å². The average Bonchev–Trinajstić information content (AvgIpc) is 2.65. The van der Waals surface area contributed by atoms with Crippen LogP contribution in [0.5, 0.6) is 0 Å². The molecule has 2 heterocycles. The number of hydrogen-bond acceptors (Lipinski definition) is 4. The van der Waals surface area contributed by atoms with E-state index in [1.807, 2.05) is 7.05 Å². The van der Waals surface area contributed by atoms with Gasteiger partial charge in [-0.2, -0.15) is 4.98 Å². The average molecular weight is 283 g/mol. The van der Waals surface area contributed by atoms with Crippen molar-refractivity contribution in [3.8, 4) is 0 Å². The van der Waals surface area contributed by atoms with E-state index in [-0.39, 0.29) is 0 Å². The lowest BCUT2D eigenvalue weighted by atomic mass is 9.89.